The number of nitrogens with zero attached hydrogens (tertiary/aromatic N) is 1. The van der Waals surface area contributed by atoms with Gasteiger partial charge in [-0.1, -0.05) is 23.7 Å². The predicted octanol–water partition coefficient (Wildman–Crippen LogP) is 2.56. The first-order chi connectivity index (χ1) is 5.18. The van der Waals surface area contributed by atoms with Crippen molar-refractivity contribution < 1.29 is 0 Å². The molecule has 0 aliphatic heterocycles. The summed E-state index contributed by atoms with van der Waals surface area (Å²) >= 11 is 5.79. The zero-order valence-electron chi connectivity index (χ0n) is 6.55. The molecule has 1 nitrogen and oxygen atoms in total. The first-order valence-corrected chi connectivity index (χ1v) is 3.82. The lowest BCUT2D eigenvalue weighted by Gasteiger charge is -2.17. The van der Waals surface area contributed by atoms with Crippen molar-refractivity contribution in [2.45, 2.75) is 6.54 Å². The fourth-order valence-corrected chi connectivity index (χ4v) is 1.16. The minimum atomic E-state index is 0.782. The van der Waals surface area contributed by atoms with Crippen LogP contribution in [0.1, 0.15) is 5.56 Å². The van der Waals surface area contributed by atoms with Crippen LogP contribution in [0.5, 0.6) is 0 Å². The summed E-state index contributed by atoms with van der Waals surface area (Å²) in [5, 5.41) is 0.782. The quantitative estimate of drug-likeness (QED) is 0.614. The van der Waals surface area contributed by atoms with Gasteiger partial charge in [0, 0.05) is 5.02 Å². The molecule has 0 spiro atoms. The molecular weight excluding hydrogens is 158 g/mol. The molecule has 0 heterocycles. The molecule has 0 atom stereocenters. The fourth-order valence-electron chi connectivity index (χ4n) is 0.947. The van der Waals surface area contributed by atoms with Crippen LogP contribution in [0.25, 0.3) is 0 Å². The van der Waals surface area contributed by atoms with Gasteiger partial charge in [-0.25, -0.2) is 0 Å². The molecule has 60 valence electrons. The van der Waals surface area contributed by atoms with Gasteiger partial charge in [0.05, 0.1) is 0 Å². The number of hydrogen-bond donors (Lipinski definition) is 0. The predicted molar refractivity (Wildman–Crippen MR) is 48.3 cm³/mol. The molecule has 0 fully saturated rings. The van der Waals surface area contributed by atoms with Gasteiger partial charge < -0.3 is 4.90 Å². The first kappa shape index (κ1) is 8.57. The number of rotatable bonds is 2. The van der Waals surface area contributed by atoms with E-state index >= 15 is 0 Å². The highest BCUT2D eigenvalue weighted by atomic mass is 35.5. The first-order valence-electron chi connectivity index (χ1n) is 3.44. The third-order valence-corrected chi connectivity index (χ3v) is 1.58. The zero-order valence-corrected chi connectivity index (χ0v) is 7.30. The van der Waals surface area contributed by atoms with Crippen molar-refractivity contribution in [3.8, 4) is 0 Å². The molecule has 11 heavy (non-hydrogen) atoms. The highest BCUT2D eigenvalue weighted by Crippen LogP contribution is 2.11. The molecule has 0 aliphatic carbocycles. The van der Waals surface area contributed by atoms with E-state index in [9.17, 15) is 0 Å². The summed E-state index contributed by atoms with van der Waals surface area (Å²) < 4.78 is 0. The second kappa shape index (κ2) is 3.74. The number of benzene rings is 1. The molecule has 1 rings (SSSR count). The molecule has 0 aromatic heterocycles. The largest absolute Gasteiger partial charge is 0.458 e. The van der Waals surface area contributed by atoms with Crippen LogP contribution >= 0.6 is 11.6 Å². The Balaban J connectivity index is 2.71. The highest BCUT2D eigenvalue weighted by Gasteiger charge is 1.91. The summed E-state index contributed by atoms with van der Waals surface area (Å²) in [5.41, 5.74) is 1.19. The van der Waals surface area contributed by atoms with Gasteiger partial charge in [0.1, 0.15) is 0 Å². The van der Waals surface area contributed by atoms with Crippen molar-refractivity contribution in [2.75, 3.05) is 7.05 Å². The van der Waals surface area contributed by atoms with Gasteiger partial charge >= 0.3 is 0 Å². The van der Waals surface area contributed by atoms with Crippen LogP contribution in [0, 0.1) is 7.05 Å². The van der Waals surface area contributed by atoms with Crippen LogP contribution in [0.4, 0.5) is 0 Å². The molecule has 0 N–H and O–H groups in total. The molecule has 0 unspecified atom stereocenters. The number of hydrogen-bond acceptors (Lipinski definition) is 1. The minimum Gasteiger partial charge on any atom is -0.458 e. The van der Waals surface area contributed by atoms with Crippen molar-refractivity contribution in [3.63, 3.8) is 0 Å². The smallest absolute Gasteiger partial charge is 0.0409 e. The van der Waals surface area contributed by atoms with Crippen molar-refractivity contribution in [1.82, 2.24) is 4.90 Å². The van der Waals surface area contributed by atoms with E-state index in [1.54, 1.807) is 0 Å². The van der Waals surface area contributed by atoms with E-state index in [0.29, 0.717) is 0 Å². The molecule has 0 saturated heterocycles. The molecule has 1 aromatic carbocycles. The van der Waals surface area contributed by atoms with Gasteiger partial charge in [0.25, 0.3) is 0 Å². The minimum absolute atomic E-state index is 0.782. The second-order valence-electron chi connectivity index (χ2n) is 2.64. The van der Waals surface area contributed by atoms with Gasteiger partial charge in [-0.2, -0.15) is 0 Å². The zero-order chi connectivity index (χ0) is 8.27. The lowest BCUT2D eigenvalue weighted by Crippen LogP contribution is -2.07. The lowest BCUT2D eigenvalue weighted by atomic mass is 10.2. The Bertz CT molecular complexity index is 233. The Labute approximate surface area is 72.6 Å². The molecule has 0 bridgehead atoms. The van der Waals surface area contributed by atoms with E-state index in [1.807, 2.05) is 36.2 Å². The van der Waals surface area contributed by atoms with Crippen LogP contribution in [-0.4, -0.2) is 11.9 Å². The summed E-state index contributed by atoms with van der Waals surface area (Å²) in [7, 11) is 5.69. The summed E-state index contributed by atoms with van der Waals surface area (Å²) in [4.78, 5) is 1.87. The van der Waals surface area contributed by atoms with E-state index in [2.05, 4.69) is 7.05 Å². The Morgan fingerprint density at radius 2 is 2.27 bits per heavy atom. The maximum atomic E-state index is 5.79. The van der Waals surface area contributed by atoms with Crippen LogP contribution < -0.4 is 0 Å². The van der Waals surface area contributed by atoms with E-state index in [0.717, 1.165) is 11.6 Å². The molecule has 2 heteroatoms. The molecule has 0 saturated carbocycles. The van der Waals surface area contributed by atoms with Crippen LogP contribution in [0.3, 0.4) is 0 Å². The summed E-state index contributed by atoms with van der Waals surface area (Å²) in [6.45, 7) is 0.834. The van der Waals surface area contributed by atoms with Gasteiger partial charge in [-0.3, -0.25) is 7.05 Å². The average Bonchev–Trinajstić information content (AvgIpc) is 1.85. The lowest BCUT2D eigenvalue weighted by molar-refractivity contribution is 0.445. The Hall–Kier alpha value is -0.530. The Morgan fingerprint density at radius 1 is 1.55 bits per heavy atom. The molecule has 0 radical (unpaired) electrons. The van der Waals surface area contributed by atoms with Crippen molar-refractivity contribution in [2.24, 2.45) is 0 Å². The SMILES string of the molecule is [CH2-]N(C)Cc1cccc(Cl)c1. The highest BCUT2D eigenvalue weighted by molar-refractivity contribution is 6.30. The normalized spacial score (nSPS) is 10.5. The Kier molecular flexibility index (Phi) is 2.92. The van der Waals surface area contributed by atoms with Crippen LogP contribution in [0.15, 0.2) is 24.3 Å². The van der Waals surface area contributed by atoms with Crippen molar-refractivity contribution >= 4 is 11.6 Å². The van der Waals surface area contributed by atoms with Gasteiger partial charge in [0.2, 0.25) is 0 Å². The molecular formula is C9H11ClN-. The van der Waals surface area contributed by atoms with Gasteiger partial charge in [-0.05, 0) is 31.3 Å². The maximum Gasteiger partial charge on any atom is 0.0409 e. The summed E-state index contributed by atoms with van der Waals surface area (Å²) in [6.07, 6.45) is 0. The monoisotopic (exact) mass is 168 g/mol. The van der Waals surface area contributed by atoms with E-state index in [-0.39, 0.29) is 0 Å². The molecule has 1 aromatic rings. The van der Waals surface area contributed by atoms with Gasteiger partial charge in [-0.15, -0.1) is 0 Å². The van der Waals surface area contributed by atoms with Crippen LogP contribution in [-0.2, 0) is 6.54 Å². The fraction of sp³-hybridized carbons (Fsp3) is 0.222. The van der Waals surface area contributed by atoms with Gasteiger partial charge in [0.15, 0.2) is 0 Å². The van der Waals surface area contributed by atoms with E-state index < -0.39 is 0 Å². The number of halogens is 1. The average molecular weight is 169 g/mol. The van der Waals surface area contributed by atoms with Crippen LogP contribution in [0.2, 0.25) is 5.02 Å². The van der Waals surface area contributed by atoms with Crippen molar-refractivity contribution in [3.05, 3.63) is 41.9 Å². The summed E-state index contributed by atoms with van der Waals surface area (Å²) in [5.74, 6) is 0. The van der Waals surface area contributed by atoms with E-state index in [1.165, 1.54) is 5.56 Å². The summed E-state index contributed by atoms with van der Waals surface area (Å²) in [6, 6.07) is 7.80. The van der Waals surface area contributed by atoms with Crippen molar-refractivity contribution in [1.29, 1.82) is 0 Å². The standard InChI is InChI=1S/C9H11ClN/c1-11(2)7-8-4-3-5-9(10)6-8/h3-6H,1,7H2,2H3/q-1. The Morgan fingerprint density at radius 3 is 2.82 bits per heavy atom. The maximum absolute atomic E-state index is 5.79. The molecule has 0 aliphatic rings. The third-order valence-electron chi connectivity index (χ3n) is 1.34. The third kappa shape index (κ3) is 2.91. The topological polar surface area (TPSA) is 3.24 Å². The van der Waals surface area contributed by atoms with E-state index in [4.69, 9.17) is 11.6 Å². The molecule has 0 amide bonds. The second-order valence-corrected chi connectivity index (χ2v) is 3.08.